The van der Waals surface area contributed by atoms with Gasteiger partial charge in [0.25, 0.3) is 0 Å². The third-order valence-corrected chi connectivity index (χ3v) is 0.802. The molecule has 0 aliphatic carbocycles. The fourth-order valence-corrected chi connectivity index (χ4v) is 0.137. The van der Waals surface area contributed by atoms with Gasteiger partial charge in [-0.05, 0) is 5.18 Å². The van der Waals surface area contributed by atoms with Crippen molar-refractivity contribution in [3.8, 4) is 0 Å². The normalized spacial score (nSPS) is 10.9. The molecule has 0 amide bonds. The first-order valence-electron chi connectivity index (χ1n) is 2.41. The van der Waals surface area contributed by atoms with E-state index in [1.54, 1.807) is 20.8 Å². The Bertz CT molecular complexity index is 112. The molecule has 0 aromatic rings. The van der Waals surface area contributed by atoms with E-state index < -0.39 is 0 Å². The van der Waals surface area contributed by atoms with Crippen LogP contribution in [0.1, 0.15) is 20.8 Å². The van der Waals surface area contributed by atoms with Gasteiger partial charge >= 0.3 is 0 Å². The van der Waals surface area contributed by atoms with Crippen LogP contribution in [-0.4, -0.2) is 5.84 Å². The highest BCUT2D eigenvalue weighted by Gasteiger charge is 2.17. The van der Waals surface area contributed by atoms with Gasteiger partial charge in [-0.25, -0.2) is 0 Å². The highest BCUT2D eigenvalue weighted by atomic mass is 16.3. The molecule has 0 radical (unpaired) electrons. The van der Waals surface area contributed by atoms with E-state index >= 15 is 0 Å². The Hall–Kier alpha value is -0.730. The van der Waals surface area contributed by atoms with Crippen LogP contribution in [0.5, 0.6) is 0 Å². The van der Waals surface area contributed by atoms with Crippen molar-refractivity contribution in [1.29, 1.82) is 5.41 Å². The molecule has 3 nitrogen and oxygen atoms in total. The highest BCUT2D eigenvalue weighted by molar-refractivity contribution is 5.84. The summed E-state index contributed by atoms with van der Waals surface area (Å²) < 4.78 is 0. The summed E-state index contributed by atoms with van der Waals surface area (Å²) in [6, 6.07) is 0. The molecule has 0 unspecified atom stereocenters. The second kappa shape index (κ2) is 2.03. The van der Waals surface area contributed by atoms with Crippen LogP contribution < -0.4 is 0 Å². The Labute approximate surface area is 48.6 Å². The molecule has 0 aliphatic rings. The summed E-state index contributed by atoms with van der Waals surface area (Å²) in [6.07, 6.45) is 0. The molecule has 0 spiro atoms. The van der Waals surface area contributed by atoms with Crippen molar-refractivity contribution in [2.24, 2.45) is 10.6 Å². The minimum absolute atomic E-state index is 0.0995. The summed E-state index contributed by atoms with van der Waals surface area (Å²) in [5.74, 6) is -0.0995. The van der Waals surface area contributed by atoms with Gasteiger partial charge in [0, 0.05) is 5.41 Å². The topological polar surface area (TPSA) is 53.3 Å². The third kappa shape index (κ3) is 1.82. The number of rotatable bonds is 0. The minimum atomic E-state index is -0.387. The second-order valence-corrected chi connectivity index (χ2v) is 2.69. The zero-order valence-electron chi connectivity index (χ0n) is 5.36. The lowest BCUT2D eigenvalue weighted by atomic mass is 9.96. The van der Waals surface area contributed by atoms with Crippen LogP contribution in [0.25, 0.3) is 0 Å². The first-order chi connectivity index (χ1) is 3.48. The van der Waals surface area contributed by atoms with Crippen LogP contribution in [0.15, 0.2) is 5.18 Å². The summed E-state index contributed by atoms with van der Waals surface area (Å²) in [7, 11) is 0. The molecule has 0 aromatic carbocycles. The zero-order chi connectivity index (χ0) is 6.78. The molecule has 0 aliphatic heterocycles. The van der Waals surface area contributed by atoms with Gasteiger partial charge in [-0.3, -0.25) is 5.41 Å². The van der Waals surface area contributed by atoms with Gasteiger partial charge in [-0.2, -0.15) is 0 Å². The molecule has 1 N–H and O–H groups in total. The quantitative estimate of drug-likeness (QED) is 0.291. The molecule has 0 saturated heterocycles. The molecular weight excluding hydrogens is 104 g/mol. The summed E-state index contributed by atoms with van der Waals surface area (Å²) in [5, 5.41) is 9.40. The predicted octanol–water partition coefficient (Wildman–Crippen LogP) is 1.78. The van der Waals surface area contributed by atoms with Crippen molar-refractivity contribution >= 4 is 5.84 Å². The van der Waals surface area contributed by atoms with Gasteiger partial charge in [0.15, 0.2) is 5.84 Å². The summed E-state index contributed by atoms with van der Waals surface area (Å²) in [5.41, 5.74) is -0.387. The van der Waals surface area contributed by atoms with Crippen molar-refractivity contribution < 1.29 is 0 Å². The van der Waals surface area contributed by atoms with Gasteiger partial charge in [-0.15, -0.1) is 4.91 Å². The SMILES string of the molecule is CC(C)(C)C(=N)N=O. The van der Waals surface area contributed by atoms with Gasteiger partial charge in [0.1, 0.15) is 0 Å². The van der Waals surface area contributed by atoms with Crippen molar-refractivity contribution in [1.82, 2.24) is 0 Å². The molecule has 3 heteroatoms. The number of nitrogens with one attached hydrogen (secondary N) is 1. The summed E-state index contributed by atoms with van der Waals surface area (Å²) in [6.45, 7) is 5.32. The van der Waals surface area contributed by atoms with Gasteiger partial charge in [-0.1, -0.05) is 20.8 Å². The lowest BCUT2D eigenvalue weighted by Gasteiger charge is -2.11. The lowest BCUT2D eigenvalue weighted by molar-refractivity contribution is 0.581. The second-order valence-electron chi connectivity index (χ2n) is 2.69. The summed E-state index contributed by atoms with van der Waals surface area (Å²) >= 11 is 0. The number of amidine groups is 1. The van der Waals surface area contributed by atoms with E-state index in [2.05, 4.69) is 5.18 Å². The molecule has 0 aromatic heterocycles. The molecule has 0 fully saturated rings. The summed E-state index contributed by atoms with van der Waals surface area (Å²) in [4.78, 5) is 9.68. The van der Waals surface area contributed by atoms with Gasteiger partial charge in [0.05, 0.1) is 0 Å². The first-order valence-corrected chi connectivity index (χ1v) is 2.41. The smallest absolute Gasteiger partial charge is 0.170 e. The van der Waals surface area contributed by atoms with Crippen molar-refractivity contribution in [2.45, 2.75) is 20.8 Å². The van der Waals surface area contributed by atoms with Gasteiger partial charge in [0.2, 0.25) is 0 Å². The highest BCUT2D eigenvalue weighted by Crippen LogP contribution is 2.14. The number of nitrogens with zero attached hydrogens (tertiary/aromatic N) is 1. The fourth-order valence-electron chi connectivity index (χ4n) is 0.137. The molecule has 0 atom stereocenters. The van der Waals surface area contributed by atoms with Crippen LogP contribution in [0.2, 0.25) is 0 Å². The monoisotopic (exact) mass is 114 g/mol. The largest absolute Gasteiger partial charge is 0.283 e. The maximum absolute atomic E-state index is 9.68. The van der Waals surface area contributed by atoms with E-state index in [0.717, 1.165) is 0 Å². The van der Waals surface area contributed by atoms with Crippen LogP contribution in [0.3, 0.4) is 0 Å². The molecule has 0 heterocycles. The van der Waals surface area contributed by atoms with Crippen molar-refractivity contribution in [3.05, 3.63) is 4.91 Å². The standard InChI is InChI=1S/C5H10N2O/c1-5(2,3)4(6)7-8/h6H,1-3H3. The molecule has 8 heavy (non-hydrogen) atoms. The van der Waals surface area contributed by atoms with E-state index in [1.165, 1.54) is 0 Å². The first kappa shape index (κ1) is 7.27. The van der Waals surface area contributed by atoms with Crippen LogP contribution >= 0.6 is 0 Å². The number of hydrogen-bond donors (Lipinski definition) is 1. The maximum Gasteiger partial charge on any atom is 0.170 e. The Morgan fingerprint density at radius 2 is 1.88 bits per heavy atom. The van der Waals surface area contributed by atoms with E-state index in [4.69, 9.17) is 5.41 Å². The minimum Gasteiger partial charge on any atom is -0.283 e. The molecule has 0 bridgehead atoms. The lowest BCUT2D eigenvalue weighted by Crippen LogP contribution is -2.15. The Balaban J connectivity index is 4.02. The third-order valence-electron chi connectivity index (χ3n) is 0.802. The van der Waals surface area contributed by atoms with Crippen LogP contribution in [0.4, 0.5) is 0 Å². The van der Waals surface area contributed by atoms with E-state index in [9.17, 15) is 4.91 Å². The molecule has 46 valence electrons. The van der Waals surface area contributed by atoms with Crippen LogP contribution in [0, 0.1) is 15.7 Å². The van der Waals surface area contributed by atoms with Crippen LogP contribution in [-0.2, 0) is 0 Å². The average molecular weight is 114 g/mol. The number of hydrogen-bond acceptors (Lipinski definition) is 2. The molecule has 0 saturated carbocycles. The Morgan fingerprint density at radius 3 is 1.88 bits per heavy atom. The average Bonchev–Trinajstić information content (AvgIpc) is 1.62. The van der Waals surface area contributed by atoms with E-state index in [1.807, 2.05) is 0 Å². The predicted molar refractivity (Wildman–Crippen MR) is 33.0 cm³/mol. The van der Waals surface area contributed by atoms with Crippen molar-refractivity contribution in [2.75, 3.05) is 0 Å². The Morgan fingerprint density at radius 1 is 1.50 bits per heavy atom. The van der Waals surface area contributed by atoms with E-state index in [0.29, 0.717) is 0 Å². The maximum atomic E-state index is 9.68. The van der Waals surface area contributed by atoms with Crippen molar-refractivity contribution in [3.63, 3.8) is 0 Å². The Kier molecular flexibility index (Phi) is 1.84. The van der Waals surface area contributed by atoms with E-state index in [-0.39, 0.29) is 11.3 Å². The number of nitroso groups, excluding NO2 is 1. The molecular formula is C5H10N2O. The zero-order valence-corrected chi connectivity index (χ0v) is 5.36. The fraction of sp³-hybridized carbons (Fsp3) is 0.800. The molecule has 0 rings (SSSR count). The van der Waals surface area contributed by atoms with Gasteiger partial charge < -0.3 is 0 Å².